The molecule has 0 radical (unpaired) electrons. The molecule has 5 heteroatoms. The number of rotatable bonds is 5. The van der Waals surface area contributed by atoms with Gasteiger partial charge in [-0.25, -0.2) is 0 Å². The molecule has 1 aliphatic heterocycles. The molecule has 2 amide bonds. The van der Waals surface area contributed by atoms with E-state index in [1.165, 1.54) is 28.7 Å². The highest BCUT2D eigenvalue weighted by molar-refractivity contribution is 6.03. The minimum absolute atomic E-state index is 0.0193. The molecule has 0 bridgehead atoms. The number of benzene rings is 2. The van der Waals surface area contributed by atoms with Crippen LogP contribution >= 0.6 is 0 Å². The Morgan fingerprint density at radius 3 is 2.52 bits per heavy atom. The molecule has 1 atom stereocenters. The van der Waals surface area contributed by atoms with Gasteiger partial charge >= 0.3 is 0 Å². The van der Waals surface area contributed by atoms with Gasteiger partial charge < -0.3 is 10.2 Å². The van der Waals surface area contributed by atoms with Crippen molar-refractivity contribution in [3.63, 3.8) is 0 Å². The van der Waals surface area contributed by atoms with Crippen molar-refractivity contribution in [2.45, 2.75) is 32.1 Å². The van der Waals surface area contributed by atoms with Crippen molar-refractivity contribution in [3.8, 4) is 0 Å². The van der Waals surface area contributed by atoms with Crippen LogP contribution in [-0.2, 0) is 28.9 Å². The largest absolute Gasteiger partial charge is 0.326 e. The number of pyridine rings is 1. The van der Waals surface area contributed by atoms with Gasteiger partial charge in [0, 0.05) is 36.7 Å². The first-order valence-corrected chi connectivity index (χ1v) is 10.9. The number of carbonyl (C=O) groups excluding carboxylic acids is 2. The van der Waals surface area contributed by atoms with Crippen LogP contribution in [0, 0.1) is 5.92 Å². The quantitative estimate of drug-likeness (QED) is 0.686. The highest BCUT2D eigenvalue weighted by Crippen LogP contribution is 2.31. The Hall–Kier alpha value is -3.47. The Kier molecular flexibility index (Phi) is 5.24. The zero-order valence-electron chi connectivity index (χ0n) is 17.4. The van der Waals surface area contributed by atoms with E-state index < -0.39 is 0 Å². The van der Waals surface area contributed by atoms with Crippen LogP contribution in [0.15, 0.2) is 67.0 Å². The molecule has 1 fully saturated rings. The fraction of sp³-hybridized carbons (Fsp3) is 0.269. The predicted octanol–water partition coefficient (Wildman–Crippen LogP) is 4.15. The maximum absolute atomic E-state index is 12.8. The second-order valence-electron chi connectivity index (χ2n) is 8.43. The summed E-state index contributed by atoms with van der Waals surface area (Å²) >= 11 is 0. The average Bonchev–Trinajstić information content (AvgIpc) is 3.42. The summed E-state index contributed by atoms with van der Waals surface area (Å²) in [5.41, 5.74) is 6.77. The second kappa shape index (κ2) is 8.34. The number of anilines is 2. The van der Waals surface area contributed by atoms with Crippen LogP contribution in [0.3, 0.4) is 0 Å². The van der Waals surface area contributed by atoms with Gasteiger partial charge in [0.25, 0.3) is 0 Å². The van der Waals surface area contributed by atoms with E-state index in [0.29, 0.717) is 6.54 Å². The van der Waals surface area contributed by atoms with E-state index in [-0.39, 0.29) is 24.2 Å². The molecule has 1 saturated heterocycles. The molecule has 5 rings (SSSR count). The number of hydrogen-bond donors (Lipinski definition) is 1. The van der Waals surface area contributed by atoms with Crippen molar-refractivity contribution in [2.24, 2.45) is 5.92 Å². The SMILES string of the molecule is O=C(Nc1ccc(Cc2ccncc2)cc1)C1CC(=O)N(c2ccc3c(c2)CCC3)C1. The van der Waals surface area contributed by atoms with Crippen molar-refractivity contribution in [1.29, 1.82) is 0 Å². The standard InChI is InChI=1S/C26H25N3O2/c30-25-16-22(17-29(25)24-9-6-20-2-1-3-21(20)15-24)26(31)28-23-7-4-18(5-8-23)14-19-10-12-27-13-11-19/h4-13,15,22H,1-3,14,16-17H2,(H,28,31). The van der Waals surface area contributed by atoms with E-state index in [2.05, 4.69) is 22.4 Å². The molecular formula is C26H25N3O2. The Morgan fingerprint density at radius 1 is 0.968 bits per heavy atom. The molecule has 2 heterocycles. The second-order valence-corrected chi connectivity index (χ2v) is 8.43. The summed E-state index contributed by atoms with van der Waals surface area (Å²) in [6.45, 7) is 0.434. The van der Waals surface area contributed by atoms with Gasteiger partial charge in [0.05, 0.1) is 5.92 Å². The summed E-state index contributed by atoms with van der Waals surface area (Å²) in [7, 11) is 0. The minimum atomic E-state index is -0.336. The molecular weight excluding hydrogens is 386 g/mol. The van der Waals surface area contributed by atoms with E-state index in [1.54, 1.807) is 17.3 Å². The van der Waals surface area contributed by atoms with E-state index in [0.717, 1.165) is 30.6 Å². The van der Waals surface area contributed by atoms with Gasteiger partial charge in [-0.1, -0.05) is 18.2 Å². The topological polar surface area (TPSA) is 62.3 Å². The summed E-state index contributed by atoms with van der Waals surface area (Å²) in [5, 5.41) is 2.98. The van der Waals surface area contributed by atoms with Gasteiger partial charge in [-0.15, -0.1) is 0 Å². The molecule has 0 saturated carbocycles. The van der Waals surface area contributed by atoms with Crippen LogP contribution < -0.4 is 10.2 Å². The lowest BCUT2D eigenvalue weighted by atomic mass is 10.1. The lowest BCUT2D eigenvalue weighted by Crippen LogP contribution is -2.28. The van der Waals surface area contributed by atoms with Crippen LogP contribution in [-0.4, -0.2) is 23.3 Å². The molecule has 2 aromatic carbocycles. The van der Waals surface area contributed by atoms with Crippen LogP contribution in [0.25, 0.3) is 0 Å². The Labute approximate surface area is 182 Å². The molecule has 156 valence electrons. The number of amides is 2. The lowest BCUT2D eigenvalue weighted by molar-refractivity contribution is -0.122. The van der Waals surface area contributed by atoms with Crippen LogP contribution in [0.4, 0.5) is 11.4 Å². The van der Waals surface area contributed by atoms with Crippen molar-refractivity contribution in [1.82, 2.24) is 4.98 Å². The van der Waals surface area contributed by atoms with Crippen molar-refractivity contribution < 1.29 is 9.59 Å². The molecule has 3 aromatic rings. The van der Waals surface area contributed by atoms with E-state index in [9.17, 15) is 9.59 Å². The van der Waals surface area contributed by atoms with Gasteiger partial charge in [0.1, 0.15) is 0 Å². The summed E-state index contributed by atoms with van der Waals surface area (Å²) in [5.74, 6) is -0.415. The number of carbonyl (C=O) groups is 2. The number of nitrogens with zero attached hydrogens (tertiary/aromatic N) is 2. The highest BCUT2D eigenvalue weighted by atomic mass is 16.2. The zero-order chi connectivity index (χ0) is 21.2. The van der Waals surface area contributed by atoms with Crippen LogP contribution in [0.1, 0.15) is 35.1 Å². The van der Waals surface area contributed by atoms with Crippen molar-refractivity contribution in [3.05, 3.63) is 89.2 Å². The van der Waals surface area contributed by atoms with Crippen LogP contribution in [0.2, 0.25) is 0 Å². The summed E-state index contributed by atoms with van der Waals surface area (Å²) in [6.07, 6.45) is 8.03. The third-order valence-corrected chi connectivity index (χ3v) is 6.27. The molecule has 0 spiro atoms. The van der Waals surface area contributed by atoms with Gasteiger partial charge in [-0.05, 0) is 84.3 Å². The first kappa shape index (κ1) is 19.5. The number of fused-ring (bicyclic) bond motifs is 1. The average molecular weight is 412 g/mol. The number of nitrogens with one attached hydrogen (secondary N) is 1. The number of hydrogen-bond acceptors (Lipinski definition) is 3. The smallest absolute Gasteiger partial charge is 0.229 e. The maximum atomic E-state index is 12.8. The van der Waals surface area contributed by atoms with Gasteiger partial charge in [0.15, 0.2) is 0 Å². The molecule has 31 heavy (non-hydrogen) atoms. The normalized spacial score (nSPS) is 17.6. The third-order valence-electron chi connectivity index (χ3n) is 6.27. The summed E-state index contributed by atoms with van der Waals surface area (Å²) < 4.78 is 0. The maximum Gasteiger partial charge on any atom is 0.229 e. The van der Waals surface area contributed by atoms with E-state index >= 15 is 0 Å². The Balaban J connectivity index is 1.21. The fourth-order valence-corrected chi connectivity index (χ4v) is 4.55. The third kappa shape index (κ3) is 4.22. The molecule has 1 N–H and O–H groups in total. The molecule has 1 unspecified atom stereocenters. The molecule has 1 aliphatic carbocycles. The molecule has 1 aromatic heterocycles. The first-order chi connectivity index (χ1) is 15.2. The number of aromatic nitrogens is 1. The van der Waals surface area contributed by atoms with Crippen LogP contribution in [0.5, 0.6) is 0 Å². The lowest BCUT2D eigenvalue weighted by Gasteiger charge is -2.18. The highest BCUT2D eigenvalue weighted by Gasteiger charge is 2.35. The van der Waals surface area contributed by atoms with E-state index in [4.69, 9.17) is 0 Å². The zero-order valence-corrected chi connectivity index (χ0v) is 17.4. The van der Waals surface area contributed by atoms with Crippen molar-refractivity contribution in [2.75, 3.05) is 16.8 Å². The predicted molar refractivity (Wildman–Crippen MR) is 121 cm³/mol. The first-order valence-electron chi connectivity index (χ1n) is 10.9. The van der Waals surface area contributed by atoms with E-state index in [1.807, 2.05) is 42.5 Å². The Morgan fingerprint density at radius 2 is 1.71 bits per heavy atom. The number of aryl methyl sites for hydroxylation is 2. The summed E-state index contributed by atoms with van der Waals surface area (Å²) in [6, 6.07) is 18.2. The Bertz CT molecular complexity index is 1110. The molecule has 2 aliphatic rings. The fourth-order valence-electron chi connectivity index (χ4n) is 4.55. The summed E-state index contributed by atoms with van der Waals surface area (Å²) in [4.78, 5) is 31.2. The van der Waals surface area contributed by atoms with Gasteiger partial charge in [0.2, 0.25) is 11.8 Å². The van der Waals surface area contributed by atoms with Gasteiger partial charge in [-0.3, -0.25) is 14.6 Å². The monoisotopic (exact) mass is 411 g/mol. The van der Waals surface area contributed by atoms with Gasteiger partial charge in [-0.2, -0.15) is 0 Å². The minimum Gasteiger partial charge on any atom is -0.326 e. The van der Waals surface area contributed by atoms with Crippen molar-refractivity contribution >= 4 is 23.2 Å². The molecule has 5 nitrogen and oxygen atoms in total.